The lowest BCUT2D eigenvalue weighted by atomic mass is 10.0. The normalized spacial score (nSPS) is 23.0. The van der Waals surface area contributed by atoms with Crippen LogP contribution in [0.1, 0.15) is 32.6 Å². The molecule has 2 aliphatic rings. The fourth-order valence-corrected chi connectivity index (χ4v) is 3.34. The van der Waals surface area contributed by atoms with Crippen LogP contribution in [0.3, 0.4) is 0 Å². The zero-order chi connectivity index (χ0) is 17.0. The molecule has 0 saturated carbocycles. The predicted molar refractivity (Wildman–Crippen MR) is 96.5 cm³/mol. The third kappa shape index (κ3) is 6.95. The Balaban J connectivity index is 1.62. The van der Waals surface area contributed by atoms with Gasteiger partial charge in [-0.2, -0.15) is 0 Å². The number of ether oxygens (including phenoxy) is 3. The van der Waals surface area contributed by atoms with Crippen molar-refractivity contribution in [2.75, 3.05) is 66.3 Å². The van der Waals surface area contributed by atoms with Gasteiger partial charge in [-0.05, 0) is 38.5 Å². The van der Waals surface area contributed by atoms with Gasteiger partial charge in [0.15, 0.2) is 5.96 Å². The molecular weight excluding hydrogens is 306 g/mol. The van der Waals surface area contributed by atoms with Crippen molar-refractivity contribution in [1.29, 1.82) is 0 Å². The van der Waals surface area contributed by atoms with E-state index in [1.165, 1.54) is 6.42 Å². The quantitative estimate of drug-likeness (QED) is 0.393. The molecule has 2 heterocycles. The summed E-state index contributed by atoms with van der Waals surface area (Å²) in [6, 6.07) is 0. The molecule has 2 rings (SSSR count). The Morgan fingerprint density at radius 3 is 2.79 bits per heavy atom. The highest BCUT2D eigenvalue weighted by Crippen LogP contribution is 2.16. The van der Waals surface area contributed by atoms with E-state index in [1.807, 2.05) is 0 Å². The van der Waals surface area contributed by atoms with E-state index in [2.05, 4.69) is 17.1 Å². The van der Waals surface area contributed by atoms with Crippen molar-refractivity contribution in [3.63, 3.8) is 0 Å². The Morgan fingerprint density at radius 2 is 2.04 bits per heavy atom. The Hall–Kier alpha value is -0.850. The zero-order valence-corrected chi connectivity index (χ0v) is 15.5. The smallest absolute Gasteiger partial charge is 0.193 e. The minimum atomic E-state index is 0.627. The molecule has 0 amide bonds. The van der Waals surface area contributed by atoms with Gasteiger partial charge in [0.05, 0.1) is 6.61 Å². The maximum absolute atomic E-state index is 5.81. The highest BCUT2D eigenvalue weighted by molar-refractivity contribution is 5.80. The van der Waals surface area contributed by atoms with E-state index >= 15 is 0 Å². The Bertz CT molecular complexity index is 359. The van der Waals surface area contributed by atoms with Crippen LogP contribution < -0.4 is 5.32 Å². The van der Waals surface area contributed by atoms with Crippen molar-refractivity contribution in [3.05, 3.63) is 0 Å². The first-order chi connectivity index (χ1) is 11.8. The maximum atomic E-state index is 5.81. The molecule has 1 N–H and O–H groups in total. The Morgan fingerprint density at radius 1 is 1.21 bits per heavy atom. The van der Waals surface area contributed by atoms with E-state index in [1.54, 1.807) is 7.11 Å². The average molecular weight is 341 g/mol. The minimum Gasteiger partial charge on any atom is -0.384 e. The standard InChI is InChI=1S/C18H35N3O3/c1-3-19-18(21-9-5-17(13-21)14-22-2)20-8-4-10-24-15-16-6-11-23-12-7-16/h16-17H,3-15H2,1-2H3,(H,19,20). The lowest BCUT2D eigenvalue weighted by molar-refractivity contribution is 0.0205. The molecule has 0 aromatic rings. The van der Waals surface area contributed by atoms with Crippen molar-refractivity contribution < 1.29 is 14.2 Å². The second-order valence-electron chi connectivity index (χ2n) is 6.78. The first-order valence-electron chi connectivity index (χ1n) is 9.51. The molecule has 1 atom stereocenters. The number of likely N-dealkylation sites (tertiary alicyclic amines) is 1. The van der Waals surface area contributed by atoms with Crippen LogP contribution in [0.5, 0.6) is 0 Å². The average Bonchev–Trinajstić information content (AvgIpc) is 3.07. The molecule has 6 nitrogen and oxygen atoms in total. The number of nitrogens with one attached hydrogen (secondary N) is 1. The molecule has 1 unspecified atom stereocenters. The van der Waals surface area contributed by atoms with Gasteiger partial charge in [0.25, 0.3) is 0 Å². The van der Waals surface area contributed by atoms with Crippen molar-refractivity contribution in [3.8, 4) is 0 Å². The molecule has 0 aromatic heterocycles. The summed E-state index contributed by atoms with van der Waals surface area (Å²) in [5.41, 5.74) is 0. The molecule has 24 heavy (non-hydrogen) atoms. The van der Waals surface area contributed by atoms with Crippen LogP contribution in [0.25, 0.3) is 0 Å². The van der Waals surface area contributed by atoms with Crippen molar-refractivity contribution in [1.82, 2.24) is 10.2 Å². The SMILES string of the molecule is CCNC(=NCCCOCC1CCOCC1)N1CCC(COC)C1. The van der Waals surface area contributed by atoms with Crippen LogP contribution >= 0.6 is 0 Å². The Labute approximate surface area is 146 Å². The number of aliphatic imine (C=N–C) groups is 1. The molecular formula is C18H35N3O3. The maximum Gasteiger partial charge on any atom is 0.193 e. The summed E-state index contributed by atoms with van der Waals surface area (Å²) in [7, 11) is 1.78. The molecule has 6 heteroatoms. The van der Waals surface area contributed by atoms with E-state index < -0.39 is 0 Å². The van der Waals surface area contributed by atoms with Gasteiger partial charge in [-0.25, -0.2) is 0 Å². The number of hydrogen-bond donors (Lipinski definition) is 1. The molecule has 0 aliphatic carbocycles. The molecule has 0 spiro atoms. The summed E-state index contributed by atoms with van der Waals surface area (Å²) in [6.07, 6.45) is 4.45. The molecule has 0 radical (unpaired) electrons. The molecule has 140 valence electrons. The fourth-order valence-electron chi connectivity index (χ4n) is 3.34. The number of methoxy groups -OCH3 is 1. The first kappa shape index (κ1) is 19.5. The highest BCUT2D eigenvalue weighted by Gasteiger charge is 2.24. The van der Waals surface area contributed by atoms with E-state index in [4.69, 9.17) is 19.2 Å². The third-order valence-corrected chi connectivity index (χ3v) is 4.73. The van der Waals surface area contributed by atoms with Crippen molar-refractivity contribution >= 4 is 5.96 Å². The van der Waals surface area contributed by atoms with Gasteiger partial charge in [-0.15, -0.1) is 0 Å². The molecule has 2 fully saturated rings. The van der Waals surface area contributed by atoms with Crippen LogP contribution in [0.4, 0.5) is 0 Å². The highest BCUT2D eigenvalue weighted by atomic mass is 16.5. The van der Waals surface area contributed by atoms with Crippen LogP contribution in [-0.2, 0) is 14.2 Å². The van der Waals surface area contributed by atoms with Gasteiger partial charge >= 0.3 is 0 Å². The minimum absolute atomic E-state index is 0.627. The van der Waals surface area contributed by atoms with E-state index in [-0.39, 0.29) is 0 Å². The molecule has 0 aromatic carbocycles. The van der Waals surface area contributed by atoms with Crippen LogP contribution in [-0.4, -0.2) is 77.2 Å². The van der Waals surface area contributed by atoms with Gasteiger partial charge in [0, 0.05) is 65.6 Å². The summed E-state index contributed by atoms with van der Waals surface area (Å²) < 4.78 is 16.5. The van der Waals surface area contributed by atoms with Gasteiger partial charge in [0.2, 0.25) is 0 Å². The van der Waals surface area contributed by atoms with Gasteiger partial charge < -0.3 is 24.4 Å². The molecule has 2 saturated heterocycles. The lowest BCUT2D eigenvalue weighted by Crippen LogP contribution is -2.40. The van der Waals surface area contributed by atoms with E-state index in [9.17, 15) is 0 Å². The van der Waals surface area contributed by atoms with Crippen molar-refractivity contribution in [2.24, 2.45) is 16.8 Å². The second kappa shape index (κ2) is 11.7. The van der Waals surface area contributed by atoms with Gasteiger partial charge in [-0.3, -0.25) is 4.99 Å². The Kier molecular flexibility index (Phi) is 9.46. The topological polar surface area (TPSA) is 55.3 Å². The van der Waals surface area contributed by atoms with E-state index in [0.29, 0.717) is 11.8 Å². The largest absolute Gasteiger partial charge is 0.384 e. The molecule has 2 aliphatic heterocycles. The summed E-state index contributed by atoms with van der Waals surface area (Å²) in [4.78, 5) is 7.12. The lowest BCUT2D eigenvalue weighted by Gasteiger charge is -2.22. The summed E-state index contributed by atoms with van der Waals surface area (Å²) >= 11 is 0. The monoisotopic (exact) mass is 341 g/mol. The third-order valence-electron chi connectivity index (χ3n) is 4.73. The predicted octanol–water partition coefficient (Wildman–Crippen LogP) is 1.75. The summed E-state index contributed by atoms with van der Waals surface area (Å²) in [5.74, 6) is 2.35. The summed E-state index contributed by atoms with van der Waals surface area (Å²) in [6.45, 7) is 10.3. The number of hydrogen-bond acceptors (Lipinski definition) is 4. The van der Waals surface area contributed by atoms with E-state index in [0.717, 1.165) is 84.4 Å². The number of rotatable bonds is 9. The second-order valence-corrected chi connectivity index (χ2v) is 6.78. The first-order valence-corrected chi connectivity index (χ1v) is 9.51. The van der Waals surface area contributed by atoms with Crippen LogP contribution in [0.15, 0.2) is 4.99 Å². The van der Waals surface area contributed by atoms with Crippen LogP contribution in [0.2, 0.25) is 0 Å². The summed E-state index contributed by atoms with van der Waals surface area (Å²) in [5, 5.41) is 3.41. The number of nitrogens with zero attached hydrogens (tertiary/aromatic N) is 2. The number of guanidine groups is 1. The van der Waals surface area contributed by atoms with Gasteiger partial charge in [0.1, 0.15) is 0 Å². The fraction of sp³-hybridized carbons (Fsp3) is 0.944. The van der Waals surface area contributed by atoms with Crippen LogP contribution in [0, 0.1) is 11.8 Å². The van der Waals surface area contributed by atoms with Crippen molar-refractivity contribution in [2.45, 2.75) is 32.6 Å². The van der Waals surface area contributed by atoms with Gasteiger partial charge in [-0.1, -0.05) is 0 Å². The molecule has 0 bridgehead atoms. The zero-order valence-electron chi connectivity index (χ0n) is 15.5.